The summed E-state index contributed by atoms with van der Waals surface area (Å²) in [6.07, 6.45) is 1.27. The Morgan fingerprint density at radius 3 is 2.51 bits per heavy atom. The number of para-hydroxylation sites is 1. The Labute approximate surface area is 314 Å². The van der Waals surface area contributed by atoms with Gasteiger partial charge in [-0.25, -0.2) is 0 Å². The summed E-state index contributed by atoms with van der Waals surface area (Å²) >= 11 is 0. The molecule has 3 aliphatic carbocycles. The number of likely N-dealkylation sites (N-methyl/N-ethyl adjacent to an activating group) is 1. The van der Waals surface area contributed by atoms with Gasteiger partial charge in [-0.3, -0.25) is 14.4 Å². The number of amides is 2. The van der Waals surface area contributed by atoms with E-state index in [1.807, 2.05) is 38.4 Å². The van der Waals surface area contributed by atoms with Crippen molar-refractivity contribution in [3.8, 4) is 28.4 Å². The van der Waals surface area contributed by atoms with Crippen molar-refractivity contribution < 1.29 is 38.9 Å². The van der Waals surface area contributed by atoms with Crippen molar-refractivity contribution in [3.05, 3.63) is 41.5 Å². The fourth-order valence-electron chi connectivity index (χ4n) is 9.62. The molecule has 9 atom stereocenters. The summed E-state index contributed by atoms with van der Waals surface area (Å²) in [6, 6.07) is 8.48. The summed E-state index contributed by atoms with van der Waals surface area (Å²) in [7, 11) is 5.57. The molecule has 4 fully saturated rings. The van der Waals surface area contributed by atoms with Gasteiger partial charge >= 0.3 is 0 Å². The Morgan fingerprint density at radius 2 is 1.89 bits per heavy atom. The van der Waals surface area contributed by atoms with Crippen LogP contribution in [0.1, 0.15) is 76.7 Å². The smallest absolute Gasteiger partial charge is 0.255 e. The second-order valence-corrected chi connectivity index (χ2v) is 17.1. The van der Waals surface area contributed by atoms with Crippen LogP contribution in [0.5, 0.6) is 17.2 Å². The molecule has 3 saturated carbocycles. The number of nitrogens with one attached hydrogen (secondary N) is 2. The summed E-state index contributed by atoms with van der Waals surface area (Å²) in [4.78, 5) is 36.4. The Bertz CT molecular complexity index is 1640. The van der Waals surface area contributed by atoms with Gasteiger partial charge in [0.25, 0.3) is 5.91 Å². The SMILES string of the molecule is COc1c(CN2O[C@@H](CO)[C@@H]([C@H](C)O)[C@H]2C(=O)N[C@H]2C[C@@H]3C[C@@H]([C@@H]2C)C3(C)C)cccc1-c1cc2c(c(C(=O)N[C@@H](CC(C)C)CN(C)C)c1)OCO2. The average molecular weight is 737 g/mol. The third-order valence-corrected chi connectivity index (χ3v) is 12.4. The number of methoxy groups -OCH3 is 1. The monoisotopic (exact) mass is 736 g/mol. The lowest BCUT2D eigenvalue weighted by molar-refractivity contribution is -0.183. The highest BCUT2D eigenvalue weighted by Crippen LogP contribution is 2.61. The van der Waals surface area contributed by atoms with Crippen molar-refractivity contribution in [2.24, 2.45) is 35.0 Å². The molecule has 292 valence electrons. The van der Waals surface area contributed by atoms with E-state index in [1.165, 1.54) is 6.42 Å². The van der Waals surface area contributed by atoms with Gasteiger partial charge in [0.2, 0.25) is 12.7 Å². The molecule has 2 bridgehead atoms. The summed E-state index contributed by atoms with van der Waals surface area (Å²) in [5, 5.41) is 29.4. The van der Waals surface area contributed by atoms with Crippen LogP contribution >= 0.6 is 0 Å². The van der Waals surface area contributed by atoms with E-state index in [2.05, 4.69) is 50.2 Å². The van der Waals surface area contributed by atoms with Crippen LogP contribution in [-0.4, -0.2) is 103 Å². The van der Waals surface area contributed by atoms with Crippen LogP contribution in [0.3, 0.4) is 0 Å². The third kappa shape index (κ3) is 7.76. The van der Waals surface area contributed by atoms with Crippen LogP contribution in [-0.2, 0) is 16.2 Å². The number of hydroxylamine groups is 2. The minimum absolute atomic E-state index is 0.00823. The number of nitrogens with zero attached hydrogens (tertiary/aromatic N) is 2. The average Bonchev–Trinajstić information content (AvgIpc) is 3.72. The molecular formula is C41H60N4O8. The number of rotatable bonds is 14. The van der Waals surface area contributed by atoms with Crippen molar-refractivity contribution >= 4 is 11.8 Å². The number of hydrogen-bond donors (Lipinski definition) is 4. The molecule has 2 heterocycles. The van der Waals surface area contributed by atoms with Gasteiger partial charge in [0.1, 0.15) is 17.9 Å². The zero-order chi connectivity index (χ0) is 38.4. The van der Waals surface area contributed by atoms with E-state index in [0.29, 0.717) is 64.2 Å². The van der Waals surface area contributed by atoms with E-state index in [4.69, 9.17) is 19.0 Å². The number of carbonyl (C=O) groups excluding carboxylic acids is 2. The lowest BCUT2D eigenvalue weighted by Crippen LogP contribution is -2.62. The van der Waals surface area contributed by atoms with Gasteiger partial charge in [-0.2, -0.15) is 5.06 Å². The summed E-state index contributed by atoms with van der Waals surface area (Å²) in [6.45, 7) is 13.3. The van der Waals surface area contributed by atoms with Gasteiger partial charge in [0.15, 0.2) is 11.5 Å². The predicted octanol–water partition coefficient (Wildman–Crippen LogP) is 4.46. The maximum Gasteiger partial charge on any atom is 0.255 e. The number of hydrogen-bond acceptors (Lipinski definition) is 10. The van der Waals surface area contributed by atoms with Crippen LogP contribution in [0.15, 0.2) is 30.3 Å². The van der Waals surface area contributed by atoms with Crippen LogP contribution < -0.4 is 24.8 Å². The molecule has 0 radical (unpaired) electrons. The fraction of sp³-hybridized carbons (Fsp3) is 0.659. The first kappa shape index (κ1) is 39.3. The lowest BCUT2D eigenvalue weighted by atomic mass is 9.45. The van der Waals surface area contributed by atoms with E-state index >= 15 is 0 Å². The lowest BCUT2D eigenvalue weighted by Gasteiger charge is -2.62. The van der Waals surface area contributed by atoms with Crippen molar-refractivity contribution in [1.82, 2.24) is 20.6 Å². The summed E-state index contributed by atoms with van der Waals surface area (Å²) in [5.74, 6) is 2.14. The Hall–Kier alpha value is -3.42. The largest absolute Gasteiger partial charge is 0.496 e. The van der Waals surface area contributed by atoms with Crippen molar-refractivity contribution in [2.45, 2.75) is 97.7 Å². The number of benzene rings is 2. The van der Waals surface area contributed by atoms with Crippen LogP contribution in [0.4, 0.5) is 0 Å². The number of carbonyl (C=O) groups is 2. The molecule has 12 heteroatoms. The molecule has 0 unspecified atom stereocenters. The number of fused-ring (bicyclic) bond motifs is 3. The number of aliphatic hydroxyl groups is 2. The molecule has 2 aromatic rings. The highest BCUT2D eigenvalue weighted by molar-refractivity contribution is 6.00. The Morgan fingerprint density at radius 1 is 1.13 bits per heavy atom. The maximum atomic E-state index is 14.2. The molecule has 1 saturated heterocycles. The van der Waals surface area contributed by atoms with Crippen molar-refractivity contribution in [1.29, 1.82) is 0 Å². The highest BCUT2D eigenvalue weighted by Gasteiger charge is 2.57. The van der Waals surface area contributed by atoms with E-state index in [-0.39, 0.29) is 49.3 Å². The molecule has 2 aromatic carbocycles. The molecule has 4 N–H and O–H groups in total. The van der Waals surface area contributed by atoms with Crippen LogP contribution in [0.25, 0.3) is 11.1 Å². The molecular weight excluding hydrogens is 676 g/mol. The predicted molar refractivity (Wildman–Crippen MR) is 201 cm³/mol. The van der Waals surface area contributed by atoms with Crippen LogP contribution in [0.2, 0.25) is 0 Å². The zero-order valence-electron chi connectivity index (χ0n) is 32.8. The van der Waals surface area contributed by atoms with Gasteiger partial charge < -0.3 is 40.0 Å². The molecule has 53 heavy (non-hydrogen) atoms. The molecule has 7 rings (SSSR count). The third-order valence-electron chi connectivity index (χ3n) is 12.4. The second kappa shape index (κ2) is 15.7. The van der Waals surface area contributed by atoms with E-state index in [9.17, 15) is 19.8 Å². The van der Waals surface area contributed by atoms with Gasteiger partial charge in [0.05, 0.1) is 31.9 Å². The highest BCUT2D eigenvalue weighted by atomic mass is 16.7. The Balaban J connectivity index is 1.29. The molecule has 2 aliphatic heterocycles. The molecule has 12 nitrogen and oxygen atoms in total. The first-order valence-corrected chi connectivity index (χ1v) is 19.2. The van der Waals surface area contributed by atoms with Gasteiger partial charge in [-0.1, -0.05) is 52.8 Å². The topological polar surface area (TPSA) is 142 Å². The van der Waals surface area contributed by atoms with Crippen molar-refractivity contribution in [2.75, 3.05) is 41.1 Å². The van der Waals surface area contributed by atoms with Gasteiger partial charge in [0, 0.05) is 35.7 Å². The Kier molecular flexibility index (Phi) is 11.7. The van der Waals surface area contributed by atoms with Crippen LogP contribution in [0, 0.1) is 35.0 Å². The first-order valence-electron chi connectivity index (χ1n) is 19.2. The van der Waals surface area contributed by atoms with Gasteiger partial charge in [-0.05, 0) is 87.1 Å². The van der Waals surface area contributed by atoms with Gasteiger partial charge in [-0.15, -0.1) is 0 Å². The minimum atomic E-state index is -0.909. The fourth-order valence-corrected chi connectivity index (χ4v) is 9.62. The van der Waals surface area contributed by atoms with E-state index in [1.54, 1.807) is 25.2 Å². The van der Waals surface area contributed by atoms with Crippen molar-refractivity contribution in [3.63, 3.8) is 0 Å². The van der Waals surface area contributed by atoms with E-state index in [0.717, 1.165) is 18.4 Å². The number of aliphatic hydroxyl groups excluding tert-OH is 2. The summed E-state index contributed by atoms with van der Waals surface area (Å²) in [5.41, 5.74) is 2.79. The second-order valence-electron chi connectivity index (χ2n) is 17.1. The molecule has 0 spiro atoms. The number of ether oxygens (including phenoxy) is 3. The molecule has 5 aliphatic rings. The standard InChI is InChI=1S/C41H60N4O8/c1-22(2)13-28(19-44(7)8)42-39(48)30-14-26(15-33-38(30)52-21-51-33)29-12-10-11-25(37(29)50-9)18-45-36(35(24(4)47)34(20-46)53-45)40(49)43-32-17-27-16-31(23(32)3)41(27,5)6/h10-12,14-15,22-24,27-28,31-32,34-36,46-47H,13,16-21H2,1-9H3,(H,42,48)(H,43,49)/t23-,24-,27-,28-,31-,32-,34-,35+,36-/m0/s1. The normalized spacial score (nSPS) is 28.4. The minimum Gasteiger partial charge on any atom is -0.496 e. The molecule has 2 amide bonds. The van der Waals surface area contributed by atoms with E-state index < -0.39 is 24.2 Å². The molecule has 0 aromatic heterocycles. The maximum absolute atomic E-state index is 14.2. The zero-order valence-corrected chi connectivity index (χ0v) is 32.8. The quantitative estimate of drug-likeness (QED) is 0.220. The summed E-state index contributed by atoms with van der Waals surface area (Å²) < 4.78 is 17.7. The first-order chi connectivity index (χ1) is 25.1.